The summed E-state index contributed by atoms with van der Waals surface area (Å²) in [6.07, 6.45) is -2.49. The van der Waals surface area contributed by atoms with Gasteiger partial charge in [-0.1, -0.05) is 27.2 Å². The maximum atomic E-state index is 13.2. The number of nitriles is 1. The van der Waals surface area contributed by atoms with E-state index in [4.69, 9.17) is 33.2 Å². The lowest BCUT2D eigenvalue weighted by molar-refractivity contribution is -0.246. The number of nitrogens with zero attached hydrogens (tertiary/aromatic N) is 1. The second-order valence-corrected chi connectivity index (χ2v) is 16.9. The summed E-state index contributed by atoms with van der Waals surface area (Å²) >= 11 is 0. The van der Waals surface area contributed by atoms with Crippen molar-refractivity contribution < 1.29 is 65.5 Å². The quantitative estimate of drug-likeness (QED) is 0.278. The SMILES string of the molecule is CC1C2CC(C(=O)OC3C(=O)OC4C5OC6(CCCCC6)OC5OC34)C(C2)C1C.CCC(C)(C(=O)OC1C2CC3C1OC(=O)C3(C#N)C2)C(F)(F)F. The summed E-state index contributed by atoms with van der Waals surface area (Å²) in [5.74, 6) is -2.10. The Balaban J connectivity index is 0.000000153. The van der Waals surface area contributed by atoms with E-state index in [0.717, 1.165) is 45.4 Å². The average molecular weight is 738 g/mol. The van der Waals surface area contributed by atoms with Crippen molar-refractivity contribution in [2.45, 2.75) is 147 Å². The molecule has 9 fully saturated rings. The number of alkyl halides is 3. The number of ether oxygens (including phenoxy) is 7. The summed E-state index contributed by atoms with van der Waals surface area (Å²) in [4.78, 5) is 49.5. The highest BCUT2D eigenvalue weighted by Gasteiger charge is 2.73. The van der Waals surface area contributed by atoms with Gasteiger partial charge in [0, 0.05) is 24.7 Å². The van der Waals surface area contributed by atoms with Gasteiger partial charge in [-0.15, -0.1) is 0 Å². The Morgan fingerprint density at radius 3 is 2.29 bits per heavy atom. The first-order valence-corrected chi connectivity index (χ1v) is 18.9. The number of carbonyl (C=O) groups is 4. The molecule has 1 spiro atoms. The van der Waals surface area contributed by atoms with E-state index in [0.29, 0.717) is 30.1 Å². The van der Waals surface area contributed by atoms with Crippen molar-refractivity contribution in [2.24, 2.45) is 52.3 Å². The van der Waals surface area contributed by atoms with Crippen LogP contribution in [0.15, 0.2) is 0 Å². The minimum atomic E-state index is -4.72. The van der Waals surface area contributed by atoms with Crippen molar-refractivity contribution in [3.8, 4) is 6.07 Å². The molecular formula is C37H46F3NO11. The molecule has 0 aromatic carbocycles. The molecule has 4 bridgehead atoms. The minimum Gasteiger partial charge on any atom is -0.457 e. The molecule has 4 aliphatic heterocycles. The molecule has 0 amide bonds. The van der Waals surface area contributed by atoms with Crippen molar-refractivity contribution >= 4 is 23.9 Å². The van der Waals surface area contributed by atoms with Crippen LogP contribution in [0.2, 0.25) is 0 Å². The van der Waals surface area contributed by atoms with Crippen LogP contribution in [0.1, 0.15) is 91.9 Å². The van der Waals surface area contributed by atoms with Crippen LogP contribution in [0.4, 0.5) is 13.2 Å². The number of rotatable bonds is 5. The van der Waals surface area contributed by atoms with Crippen molar-refractivity contribution in [3.63, 3.8) is 0 Å². The van der Waals surface area contributed by atoms with Gasteiger partial charge in [-0.2, -0.15) is 18.4 Å². The fourth-order valence-electron chi connectivity index (χ4n) is 10.9. The van der Waals surface area contributed by atoms with Crippen LogP contribution in [-0.4, -0.2) is 78.8 Å². The van der Waals surface area contributed by atoms with Gasteiger partial charge in [0.15, 0.2) is 35.1 Å². The lowest BCUT2D eigenvalue weighted by Crippen LogP contribution is -2.47. The maximum Gasteiger partial charge on any atom is 0.404 e. The Bertz CT molecular complexity index is 1560. The summed E-state index contributed by atoms with van der Waals surface area (Å²) in [5, 5.41) is 9.27. The zero-order valence-corrected chi connectivity index (χ0v) is 29.7. The molecule has 12 nitrogen and oxygen atoms in total. The highest BCUT2D eigenvalue weighted by Crippen LogP contribution is 2.62. The highest BCUT2D eigenvalue weighted by atomic mass is 19.4. The summed E-state index contributed by atoms with van der Waals surface area (Å²) in [7, 11) is 0. The van der Waals surface area contributed by atoms with Crippen molar-refractivity contribution in [1.29, 1.82) is 5.26 Å². The van der Waals surface area contributed by atoms with Gasteiger partial charge in [-0.25, -0.2) is 4.79 Å². The molecule has 15 heteroatoms. The van der Waals surface area contributed by atoms with E-state index in [1.165, 1.54) is 13.3 Å². The van der Waals surface area contributed by atoms with Crippen LogP contribution in [0.5, 0.6) is 0 Å². The third-order valence-corrected chi connectivity index (χ3v) is 14.5. The summed E-state index contributed by atoms with van der Waals surface area (Å²) in [6.45, 7) is 6.58. The van der Waals surface area contributed by atoms with Gasteiger partial charge >= 0.3 is 30.1 Å². The molecule has 16 unspecified atom stereocenters. The Hall–Kier alpha value is -2.96. The molecular weight excluding hydrogens is 691 g/mol. The van der Waals surface area contributed by atoms with Gasteiger partial charge in [-0.3, -0.25) is 14.4 Å². The molecule has 9 aliphatic rings. The fourth-order valence-corrected chi connectivity index (χ4v) is 10.9. The van der Waals surface area contributed by atoms with E-state index in [1.807, 2.05) is 6.07 Å². The van der Waals surface area contributed by atoms with Gasteiger partial charge in [-0.05, 0) is 75.5 Å². The Morgan fingerprint density at radius 1 is 0.923 bits per heavy atom. The number of halogens is 3. The second kappa shape index (κ2) is 12.3. The minimum absolute atomic E-state index is 0.114. The van der Waals surface area contributed by atoms with Crippen molar-refractivity contribution in [3.05, 3.63) is 0 Å². The lowest BCUT2D eigenvalue weighted by atomic mass is 9.74. The summed E-state index contributed by atoms with van der Waals surface area (Å²) in [6, 6.07) is 1.99. The van der Waals surface area contributed by atoms with E-state index in [9.17, 15) is 37.6 Å². The lowest BCUT2D eigenvalue weighted by Gasteiger charge is -2.33. The number of esters is 4. The van der Waals surface area contributed by atoms with Gasteiger partial charge in [0.25, 0.3) is 0 Å². The summed E-state index contributed by atoms with van der Waals surface area (Å²) < 4.78 is 79.4. The van der Waals surface area contributed by atoms with Gasteiger partial charge in [0.1, 0.15) is 18.3 Å². The van der Waals surface area contributed by atoms with E-state index in [2.05, 4.69) is 13.8 Å². The Morgan fingerprint density at radius 2 is 1.65 bits per heavy atom. The Kier molecular flexibility index (Phi) is 8.51. The van der Waals surface area contributed by atoms with E-state index >= 15 is 0 Å². The molecule has 286 valence electrons. The monoisotopic (exact) mass is 737 g/mol. The maximum absolute atomic E-state index is 13.2. The van der Waals surface area contributed by atoms with Crippen LogP contribution >= 0.6 is 0 Å². The van der Waals surface area contributed by atoms with Crippen LogP contribution < -0.4 is 0 Å². The number of fused-ring (bicyclic) bond motifs is 6. The first kappa shape index (κ1) is 36.0. The van der Waals surface area contributed by atoms with Crippen LogP contribution in [0.25, 0.3) is 0 Å². The normalized spacial score (nSPS) is 46.8. The topological polar surface area (TPSA) is 157 Å². The zero-order valence-electron chi connectivity index (χ0n) is 29.7. The third-order valence-electron chi connectivity index (χ3n) is 14.5. The molecule has 0 N–H and O–H groups in total. The molecule has 52 heavy (non-hydrogen) atoms. The van der Waals surface area contributed by atoms with Gasteiger partial charge < -0.3 is 33.2 Å². The second-order valence-electron chi connectivity index (χ2n) is 16.9. The van der Waals surface area contributed by atoms with Crippen LogP contribution in [-0.2, 0) is 52.3 Å². The molecule has 16 atom stereocenters. The molecule has 5 saturated carbocycles. The average Bonchev–Trinajstić information content (AvgIpc) is 3.98. The molecule has 0 radical (unpaired) electrons. The largest absolute Gasteiger partial charge is 0.457 e. The van der Waals surface area contributed by atoms with Crippen molar-refractivity contribution in [1.82, 2.24) is 0 Å². The summed E-state index contributed by atoms with van der Waals surface area (Å²) in [5.41, 5.74) is -3.81. The van der Waals surface area contributed by atoms with E-state index in [-0.39, 0.29) is 24.2 Å². The number of hydrogen-bond acceptors (Lipinski definition) is 12. The smallest absolute Gasteiger partial charge is 0.404 e. The number of carbonyl (C=O) groups excluding carboxylic acids is 4. The van der Waals surface area contributed by atoms with Gasteiger partial charge in [0.05, 0.1) is 12.0 Å². The first-order chi connectivity index (χ1) is 24.6. The third kappa shape index (κ3) is 5.16. The molecule has 4 saturated heterocycles. The van der Waals surface area contributed by atoms with Crippen molar-refractivity contribution in [2.75, 3.05) is 0 Å². The van der Waals surface area contributed by atoms with E-state index in [1.54, 1.807) is 0 Å². The standard InChI is InChI=1S/C22H30O7.C15H16F3NO4/c1-10-11(2)13-8-12(10)9-14(13)19(23)26-17-15-16(25-20(17)24)18-21(27-15)29-22(28-18)6-4-3-5-7-22;1-3-13(2,15(16,17)18)11(20)22-9-7-4-8-10(9)23-12(21)14(8,5-7)6-19/h10-18,21H,3-9H2,1-2H3;7-10H,3-5H2,1-2H3. The van der Waals surface area contributed by atoms with Gasteiger partial charge in [0.2, 0.25) is 6.10 Å². The highest BCUT2D eigenvalue weighted by molar-refractivity contribution is 5.85. The molecule has 4 heterocycles. The Labute approximate surface area is 299 Å². The molecule has 0 aromatic rings. The molecule has 9 rings (SSSR count). The fraction of sp³-hybridized carbons (Fsp3) is 0.865. The van der Waals surface area contributed by atoms with E-state index < -0.39 is 96.0 Å². The molecule has 0 aromatic heterocycles. The predicted octanol–water partition coefficient (Wildman–Crippen LogP) is 4.90. The van der Waals surface area contributed by atoms with Crippen LogP contribution in [0, 0.1) is 63.6 Å². The molecule has 5 aliphatic carbocycles. The van der Waals surface area contributed by atoms with Crippen LogP contribution in [0.3, 0.4) is 0 Å². The zero-order chi connectivity index (χ0) is 37.1. The first-order valence-electron chi connectivity index (χ1n) is 18.9. The number of hydrogen-bond donors (Lipinski definition) is 0. The predicted molar refractivity (Wildman–Crippen MR) is 167 cm³/mol.